The fourth-order valence-corrected chi connectivity index (χ4v) is 12.1. The summed E-state index contributed by atoms with van der Waals surface area (Å²) in [4.78, 5) is 1.78. The van der Waals surface area contributed by atoms with Crippen LogP contribution in [0.1, 0.15) is 264 Å². The minimum atomic E-state index is -6.13. The van der Waals surface area contributed by atoms with Crippen LogP contribution in [0.5, 0.6) is 0 Å². The third-order valence-corrected chi connectivity index (χ3v) is 17.4. The van der Waals surface area contributed by atoms with E-state index >= 15 is 0 Å². The van der Waals surface area contributed by atoms with Crippen LogP contribution in [-0.4, -0.2) is 26.3 Å². The van der Waals surface area contributed by atoms with Gasteiger partial charge < -0.3 is 4.90 Å². The highest BCUT2D eigenvalue weighted by Crippen LogP contribution is 2.42. The van der Waals surface area contributed by atoms with Gasteiger partial charge in [0.1, 0.15) is 6.15 Å². The molecule has 4 aromatic carbocycles. The third kappa shape index (κ3) is 29.7. The molecule has 0 aromatic heterocycles. The quantitative estimate of drug-likeness (QED) is 0.0259. The predicted molar refractivity (Wildman–Crippen MR) is 326 cm³/mol. The van der Waals surface area contributed by atoms with Gasteiger partial charge in [-0.05, 0) is 49.9 Å². The second kappa shape index (κ2) is 38.5. The maximum atomic E-state index is 14.2. The zero-order valence-electron chi connectivity index (χ0n) is 54.1. The zero-order valence-corrected chi connectivity index (χ0v) is 54.1. The predicted octanol–water partition coefficient (Wildman–Crippen LogP) is 23.2. The molecular formula is C69H90BF24N. The van der Waals surface area contributed by atoms with Crippen LogP contribution in [0.2, 0.25) is 0 Å². The third-order valence-electron chi connectivity index (χ3n) is 17.4. The molecule has 95 heavy (non-hydrogen) atoms. The molecule has 542 valence electrons. The standard InChI is InChI=1S/C37H77N.C32H12BF24/c1-4-6-8-10-12-14-16-18-20-22-24-26-28-30-32-34-36-38(3)37-35-33-31-29-27-25-23-21-19-17-15-13-11-9-7-5-2;34-25(35,36)13-1-14(26(37,38)39)6-21(5-13)33(22-7-15(27(40,41)42)2-16(8-22)28(43,44)45,23-9-17(29(46,47)48)3-18(10-23)30(49,50)51)24-11-19(31(52,53)54)4-20(12-24)32(55,56)57/h4-37H2,1-3H3;1-12H/q;-1/p+1. The minimum Gasteiger partial charge on any atom is -0.337 e. The lowest BCUT2D eigenvalue weighted by Crippen LogP contribution is -3.09. The topological polar surface area (TPSA) is 4.44 Å². The van der Waals surface area contributed by atoms with Gasteiger partial charge in [-0.25, -0.2) is 0 Å². The minimum absolute atomic E-state index is 0.691. The molecule has 0 aliphatic rings. The Morgan fingerprint density at radius 3 is 0.463 bits per heavy atom. The second-order valence-corrected chi connectivity index (χ2v) is 25.3. The highest BCUT2D eigenvalue weighted by Gasteiger charge is 2.47. The number of benzene rings is 4. The van der Waals surface area contributed by atoms with Crippen LogP contribution < -0.4 is 26.8 Å². The highest BCUT2D eigenvalue weighted by atomic mass is 19.4. The van der Waals surface area contributed by atoms with Crippen LogP contribution in [0.3, 0.4) is 0 Å². The molecule has 0 aliphatic heterocycles. The van der Waals surface area contributed by atoms with Gasteiger partial charge in [0.25, 0.3) is 0 Å². The van der Waals surface area contributed by atoms with Crippen molar-refractivity contribution in [2.24, 2.45) is 0 Å². The lowest BCUT2D eigenvalue weighted by Gasteiger charge is -2.46. The van der Waals surface area contributed by atoms with Crippen LogP contribution in [0, 0.1) is 0 Å². The average Bonchev–Trinajstić information content (AvgIpc) is 0.709. The summed E-state index contributed by atoms with van der Waals surface area (Å²) < 4.78 is 341. The molecule has 0 amide bonds. The van der Waals surface area contributed by atoms with Gasteiger partial charge in [0.2, 0.25) is 0 Å². The van der Waals surface area contributed by atoms with E-state index in [1.165, 1.54) is 219 Å². The molecule has 26 heteroatoms. The molecule has 4 rings (SSSR count). The number of unbranched alkanes of at least 4 members (excludes halogenated alkanes) is 30. The Labute approximate surface area is 542 Å². The molecule has 0 heterocycles. The average molecular weight is 1400 g/mol. The summed E-state index contributed by atoms with van der Waals surface area (Å²) in [5, 5.41) is 0. The van der Waals surface area contributed by atoms with Crippen molar-refractivity contribution in [3.63, 3.8) is 0 Å². The molecule has 0 saturated carbocycles. The van der Waals surface area contributed by atoms with Gasteiger partial charge >= 0.3 is 49.4 Å². The summed E-state index contributed by atoms with van der Waals surface area (Å²) in [5.74, 6) is 0. The first-order valence-electron chi connectivity index (χ1n) is 33.2. The van der Waals surface area contributed by atoms with Crippen LogP contribution in [-0.2, 0) is 49.4 Å². The summed E-state index contributed by atoms with van der Waals surface area (Å²) in [6, 6.07) is -8.81. The molecular weight excluding hydrogens is 1310 g/mol. The number of halogens is 24. The first-order valence-corrected chi connectivity index (χ1v) is 33.2. The lowest BCUT2D eigenvalue weighted by atomic mass is 9.12. The molecule has 0 unspecified atom stereocenters. The van der Waals surface area contributed by atoms with Crippen molar-refractivity contribution in [1.82, 2.24) is 0 Å². The largest absolute Gasteiger partial charge is 0.416 e. The van der Waals surface area contributed by atoms with E-state index in [1.807, 2.05) is 0 Å². The number of rotatable bonds is 38. The maximum absolute atomic E-state index is 14.2. The highest BCUT2D eigenvalue weighted by molar-refractivity contribution is 7.20. The van der Waals surface area contributed by atoms with Crippen molar-refractivity contribution < 1.29 is 110 Å². The summed E-state index contributed by atoms with van der Waals surface area (Å²) in [6.45, 7) is 7.42. The number of nitrogens with one attached hydrogen (secondary N) is 1. The Balaban J connectivity index is 0.000000540. The SMILES string of the molecule is CCCCCCCCCCCCCCCCCC[NH+](C)CCCCCCCCCCCCCCCCCC.FC(F)(F)c1cc([B-](c2cc(C(F)(F)F)cc(C(F)(F)F)c2)(c2cc(C(F)(F)F)cc(C(F)(F)F)c2)c2cc(C(F)(F)F)cc(C(F)(F)F)c2)cc(C(F)(F)F)c1. The summed E-state index contributed by atoms with van der Waals surface area (Å²) in [5.41, 5.74) is -30.2. The van der Waals surface area contributed by atoms with Crippen molar-refractivity contribution >= 4 is 28.0 Å². The van der Waals surface area contributed by atoms with Crippen LogP contribution in [0.25, 0.3) is 0 Å². The number of quaternary nitrogens is 1. The first-order chi connectivity index (χ1) is 44.1. The Bertz CT molecular complexity index is 2350. The lowest BCUT2D eigenvalue weighted by molar-refractivity contribution is -0.880. The van der Waals surface area contributed by atoms with Gasteiger partial charge in [-0.15, -0.1) is 0 Å². The van der Waals surface area contributed by atoms with Gasteiger partial charge in [0.05, 0.1) is 64.6 Å². The molecule has 0 spiro atoms. The van der Waals surface area contributed by atoms with E-state index in [1.54, 1.807) is 4.90 Å². The van der Waals surface area contributed by atoms with Gasteiger partial charge in [-0.2, -0.15) is 127 Å². The van der Waals surface area contributed by atoms with E-state index in [0.717, 1.165) is 0 Å². The van der Waals surface area contributed by atoms with E-state index in [9.17, 15) is 105 Å². The Morgan fingerprint density at radius 1 is 0.211 bits per heavy atom. The fourth-order valence-electron chi connectivity index (χ4n) is 12.1. The van der Waals surface area contributed by atoms with E-state index in [4.69, 9.17) is 0 Å². The molecule has 0 aliphatic carbocycles. The molecule has 0 radical (unpaired) electrons. The Kier molecular flexibility index (Phi) is 34.3. The van der Waals surface area contributed by atoms with E-state index in [0.29, 0.717) is 0 Å². The second-order valence-electron chi connectivity index (χ2n) is 25.3. The van der Waals surface area contributed by atoms with Crippen molar-refractivity contribution in [3.8, 4) is 0 Å². The number of hydrogen-bond donors (Lipinski definition) is 1. The summed E-state index contributed by atoms with van der Waals surface area (Å²) in [7, 11) is 2.43. The van der Waals surface area contributed by atoms with E-state index in [-0.39, 0.29) is 0 Å². The smallest absolute Gasteiger partial charge is 0.337 e. The number of alkyl halides is 24. The molecule has 4 aromatic rings. The van der Waals surface area contributed by atoms with Crippen molar-refractivity contribution in [2.45, 2.75) is 269 Å². The molecule has 0 bridgehead atoms. The van der Waals surface area contributed by atoms with Crippen LogP contribution in [0.15, 0.2) is 72.8 Å². The summed E-state index contributed by atoms with van der Waals surface area (Å²) in [6.07, 6.45) is -7.76. The monoisotopic (exact) mass is 1400 g/mol. The molecule has 0 saturated heterocycles. The van der Waals surface area contributed by atoms with Gasteiger partial charge in [-0.3, -0.25) is 0 Å². The van der Waals surface area contributed by atoms with Crippen molar-refractivity contribution in [3.05, 3.63) is 117 Å². The van der Waals surface area contributed by atoms with Gasteiger partial charge in [-0.1, -0.05) is 242 Å². The van der Waals surface area contributed by atoms with Crippen LogP contribution >= 0.6 is 0 Å². The summed E-state index contributed by atoms with van der Waals surface area (Å²) >= 11 is 0. The van der Waals surface area contributed by atoms with E-state index in [2.05, 4.69) is 20.9 Å². The fraction of sp³-hybridized carbons (Fsp3) is 0.652. The molecule has 0 atom stereocenters. The van der Waals surface area contributed by atoms with Gasteiger partial charge in [0, 0.05) is 0 Å². The normalized spacial score (nSPS) is 13.3. The Morgan fingerprint density at radius 2 is 0.337 bits per heavy atom. The Hall–Kier alpha value is -4.78. The van der Waals surface area contributed by atoms with E-state index < -0.39 is 195 Å². The first kappa shape index (κ1) is 84.5. The molecule has 1 N–H and O–H groups in total. The maximum Gasteiger partial charge on any atom is 0.416 e. The van der Waals surface area contributed by atoms with Crippen molar-refractivity contribution in [2.75, 3.05) is 20.1 Å². The molecule has 0 fully saturated rings. The van der Waals surface area contributed by atoms with Crippen LogP contribution in [0.4, 0.5) is 105 Å². The van der Waals surface area contributed by atoms with Crippen molar-refractivity contribution in [1.29, 1.82) is 0 Å². The van der Waals surface area contributed by atoms with Gasteiger partial charge in [0.15, 0.2) is 0 Å². The number of hydrogen-bond acceptors (Lipinski definition) is 0. The molecule has 1 nitrogen and oxygen atoms in total. The zero-order chi connectivity index (χ0) is 71.5.